The maximum absolute atomic E-state index is 11.5. The summed E-state index contributed by atoms with van der Waals surface area (Å²) in [5, 5.41) is 6.64. The zero-order chi connectivity index (χ0) is 10.4. The zero-order valence-corrected chi connectivity index (χ0v) is 10.2. The molecule has 0 aliphatic carbocycles. The molecule has 0 aliphatic rings. The second kappa shape index (κ2) is 7.56. The molecule has 0 fully saturated rings. The smallest absolute Gasteiger partial charge is 0.264 e. The molecule has 0 aromatic carbocycles. The SMILES string of the molecule is CCc1nnsc1C(=O)NCCCN.Cl. The normalized spacial score (nSPS) is 9.47. The fourth-order valence-electron chi connectivity index (χ4n) is 0.997. The minimum Gasteiger partial charge on any atom is -0.351 e. The van der Waals surface area contributed by atoms with Crippen LogP contribution < -0.4 is 11.1 Å². The first-order chi connectivity index (χ1) is 6.79. The number of hydrogen-bond acceptors (Lipinski definition) is 5. The Hall–Kier alpha value is -0.720. The van der Waals surface area contributed by atoms with Crippen LogP contribution in [0.25, 0.3) is 0 Å². The van der Waals surface area contributed by atoms with Crippen molar-refractivity contribution in [3.63, 3.8) is 0 Å². The van der Waals surface area contributed by atoms with E-state index in [4.69, 9.17) is 5.73 Å². The number of rotatable bonds is 5. The van der Waals surface area contributed by atoms with E-state index < -0.39 is 0 Å². The molecular weight excluding hydrogens is 236 g/mol. The van der Waals surface area contributed by atoms with Crippen LogP contribution in [0.3, 0.4) is 0 Å². The summed E-state index contributed by atoms with van der Waals surface area (Å²) in [5.41, 5.74) is 6.08. The van der Waals surface area contributed by atoms with Crippen molar-refractivity contribution in [1.29, 1.82) is 0 Å². The summed E-state index contributed by atoms with van der Waals surface area (Å²) in [6.07, 6.45) is 1.52. The Labute approximate surface area is 99.0 Å². The van der Waals surface area contributed by atoms with Crippen molar-refractivity contribution in [1.82, 2.24) is 14.9 Å². The average molecular weight is 251 g/mol. The molecule has 1 heterocycles. The van der Waals surface area contributed by atoms with Crippen LogP contribution in [-0.4, -0.2) is 28.6 Å². The van der Waals surface area contributed by atoms with Crippen LogP contribution in [0.15, 0.2) is 0 Å². The second-order valence-corrected chi connectivity index (χ2v) is 3.55. The van der Waals surface area contributed by atoms with Crippen molar-refractivity contribution in [3.05, 3.63) is 10.6 Å². The summed E-state index contributed by atoms with van der Waals surface area (Å²) in [6, 6.07) is 0. The standard InChI is InChI=1S/C8H14N4OS.ClH/c1-2-6-7(14-12-11-6)8(13)10-5-3-4-9;/h2-5,9H2,1H3,(H,10,13);1H. The van der Waals surface area contributed by atoms with E-state index >= 15 is 0 Å². The van der Waals surface area contributed by atoms with E-state index in [0.29, 0.717) is 18.0 Å². The molecule has 0 spiro atoms. The van der Waals surface area contributed by atoms with Gasteiger partial charge >= 0.3 is 0 Å². The van der Waals surface area contributed by atoms with Gasteiger partial charge in [0.05, 0.1) is 5.69 Å². The molecule has 0 unspecified atom stereocenters. The molecule has 1 aromatic heterocycles. The maximum Gasteiger partial charge on any atom is 0.264 e. The molecule has 86 valence electrons. The van der Waals surface area contributed by atoms with Crippen LogP contribution in [0.2, 0.25) is 0 Å². The number of carbonyl (C=O) groups excluding carboxylic acids is 1. The monoisotopic (exact) mass is 250 g/mol. The van der Waals surface area contributed by atoms with Crippen LogP contribution in [0.5, 0.6) is 0 Å². The van der Waals surface area contributed by atoms with E-state index in [1.807, 2.05) is 6.92 Å². The summed E-state index contributed by atoms with van der Waals surface area (Å²) in [4.78, 5) is 12.2. The first kappa shape index (κ1) is 14.3. The summed E-state index contributed by atoms with van der Waals surface area (Å²) in [6.45, 7) is 3.14. The highest BCUT2D eigenvalue weighted by Gasteiger charge is 2.13. The number of aryl methyl sites for hydroxylation is 1. The molecule has 1 rings (SSSR count). The number of nitrogens with zero attached hydrogens (tertiary/aromatic N) is 2. The van der Waals surface area contributed by atoms with Crippen molar-refractivity contribution < 1.29 is 4.79 Å². The Morgan fingerprint density at radius 2 is 2.33 bits per heavy atom. The third-order valence-corrected chi connectivity index (χ3v) is 2.53. The zero-order valence-electron chi connectivity index (χ0n) is 8.52. The van der Waals surface area contributed by atoms with Crippen LogP contribution in [0.4, 0.5) is 0 Å². The highest BCUT2D eigenvalue weighted by Crippen LogP contribution is 2.10. The van der Waals surface area contributed by atoms with Crippen molar-refractivity contribution in [2.24, 2.45) is 5.73 Å². The Bertz CT molecular complexity index is 305. The average Bonchev–Trinajstić information content (AvgIpc) is 2.65. The van der Waals surface area contributed by atoms with Gasteiger partial charge in [0.15, 0.2) is 0 Å². The van der Waals surface area contributed by atoms with Crippen LogP contribution in [-0.2, 0) is 6.42 Å². The molecule has 1 amide bonds. The van der Waals surface area contributed by atoms with Gasteiger partial charge in [-0.3, -0.25) is 4.79 Å². The molecule has 1 aromatic rings. The van der Waals surface area contributed by atoms with Crippen LogP contribution in [0, 0.1) is 0 Å². The summed E-state index contributed by atoms with van der Waals surface area (Å²) in [7, 11) is 0. The van der Waals surface area contributed by atoms with E-state index in [9.17, 15) is 4.79 Å². The lowest BCUT2D eigenvalue weighted by Gasteiger charge is -2.01. The summed E-state index contributed by atoms with van der Waals surface area (Å²) in [5.74, 6) is -0.0923. The van der Waals surface area contributed by atoms with Gasteiger partial charge in [-0.2, -0.15) is 0 Å². The number of nitrogens with one attached hydrogen (secondary N) is 1. The number of carbonyl (C=O) groups is 1. The molecule has 7 heteroatoms. The predicted molar refractivity (Wildman–Crippen MR) is 62.5 cm³/mol. The van der Waals surface area contributed by atoms with Gasteiger partial charge < -0.3 is 11.1 Å². The molecule has 3 N–H and O–H groups in total. The third kappa shape index (κ3) is 4.11. The van der Waals surface area contributed by atoms with Gasteiger partial charge in [-0.1, -0.05) is 11.4 Å². The van der Waals surface area contributed by atoms with Crippen molar-refractivity contribution in [2.45, 2.75) is 19.8 Å². The lowest BCUT2D eigenvalue weighted by atomic mass is 10.3. The van der Waals surface area contributed by atoms with E-state index in [1.165, 1.54) is 0 Å². The van der Waals surface area contributed by atoms with Gasteiger partial charge in [0.25, 0.3) is 5.91 Å². The number of amides is 1. The quantitative estimate of drug-likeness (QED) is 0.750. The fourth-order valence-corrected chi connectivity index (χ4v) is 1.66. The lowest BCUT2D eigenvalue weighted by molar-refractivity contribution is 0.0956. The number of aromatic nitrogens is 2. The molecule has 0 bridgehead atoms. The minimum atomic E-state index is -0.0923. The lowest BCUT2D eigenvalue weighted by Crippen LogP contribution is -2.26. The first-order valence-electron chi connectivity index (χ1n) is 4.59. The topological polar surface area (TPSA) is 80.9 Å². The molecule has 0 saturated heterocycles. The molecule has 0 aliphatic heterocycles. The summed E-state index contributed by atoms with van der Waals surface area (Å²) < 4.78 is 3.75. The Kier molecular flexibility index (Phi) is 7.19. The van der Waals surface area contributed by atoms with E-state index in [2.05, 4.69) is 14.9 Å². The Morgan fingerprint density at radius 3 is 2.93 bits per heavy atom. The predicted octanol–water partition coefficient (Wildman–Crippen LogP) is 0.601. The highest BCUT2D eigenvalue weighted by molar-refractivity contribution is 7.08. The van der Waals surface area contributed by atoms with E-state index in [1.54, 1.807) is 0 Å². The Morgan fingerprint density at radius 1 is 1.60 bits per heavy atom. The highest BCUT2D eigenvalue weighted by atomic mass is 35.5. The maximum atomic E-state index is 11.5. The Balaban J connectivity index is 0.00000196. The molecule has 5 nitrogen and oxygen atoms in total. The van der Waals surface area contributed by atoms with Crippen molar-refractivity contribution >= 4 is 29.8 Å². The van der Waals surface area contributed by atoms with Crippen molar-refractivity contribution in [3.8, 4) is 0 Å². The largest absolute Gasteiger partial charge is 0.351 e. The van der Waals surface area contributed by atoms with Gasteiger partial charge in [-0.25, -0.2) is 0 Å². The number of hydrogen-bond donors (Lipinski definition) is 2. The van der Waals surface area contributed by atoms with Crippen LogP contribution in [0.1, 0.15) is 28.7 Å². The first-order valence-corrected chi connectivity index (χ1v) is 5.36. The summed E-state index contributed by atoms with van der Waals surface area (Å²) >= 11 is 1.14. The fraction of sp³-hybridized carbons (Fsp3) is 0.625. The molecule has 0 radical (unpaired) electrons. The van der Waals surface area contributed by atoms with E-state index in [-0.39, 0.29) is 18.3 Å². The second-order valence-electron chi connectivity index (χ2n) is 2.80. The van der Waals surface area contributed by atoms with Gasteiger partial charge in [0.2, 0.25) is 0 Å². The molecule has 0 saturated carbocycles. The third-order valence-electron chi connectivity index (χ3n) is 1.76. The molecule has 15 heavy (non-hydrogen) atoms. The minimum absolute atomic E-state index is 0. The van der Waals surface area contributed by atoms with Gasteiger partial charge in [-0.05, 0) is 30.9 Å². The number of nitrogens with two attached hydrogens (primary N) is 1. The van der Waals surface area contributed by atoms with Gasteiger partial charge in [0, 0.05) is 6.54 Å². The van der Waals surface area contributed by atoms with E-state index in [0.717, 1.165) is 30.1 Å². The number of halogens is 1. The van der Waals surface area contributed by atoms with Crippen LogP contribution >= 0.6 is 23.9 Å². The molecular formula is C8H15ClN4OS. The molecule has 0 atom stereocenters. The van der Waals surface area contributed by atoms with Crippen molar-refractivity contribution in [2.75, 3.05) is 13.1 Å². The van der Waals surface area contributed by atoms with Gasteiger partial charge in [-0.15, -0.1) is 17.5 Å². The van der Waals surface area contributed by atoms with Gasteiger partial charge in [0.1, 0.15) is 4.88 Å².